The van der Waals surface area contributed by atoms with Crippen LogP contribution in [0.5, 0.6) is 0 Å². The molecule has 0 bridgehead atoms. The van der Waals surface area contributed by atoms with Gasteiger partial charge in [-0.3, -0.25) is 0 Å². The Kier molecular flexibility index (Phi) is 5.13. The summed E-state index contributed by atoms with van der Waals surface area (Å²) in [5.74, 6) is 6.65. The molecule has 0 aromatic heterocycles. The summed E-state index contributed by atoms with van der Waals surface area (Å²) >= 11 is 0. The normalized spacial score (nSPS) is 14.5. The molecule has 2 aromatic carbocycles. The number of hydrogen-bond acceptors (Lipinski definition) is 1. The molecule has 0 saturated carbocycles. The number of hydrogen-bond donors (Lipinski definition) is 0. The number of hydroxylamine groups is 1. The van der Waals surface area contributed by atoms with Crippen LogP contribution in [0.3, 0.4) is 0 Å². The highest BCUT2D eigenvalue weighted by atomic mass is 16.5. The molecule has 0 amide bonds. The van der Waals surface area contributed by atoms with Crippen molar-refractivity contribution in [3.63, 3.8) is 0 Å². The Morgan fingerprint density at radius 1 is 1.04 bits per heavy atom. The third-order valence-corrected chi connectivity index (χ3v) is 4.19. The van der Waals surface area contributed by atoms with Crippen molar-refractivity contribution < 1.29 is 4.74 Å². The number of rotatable bonds is 2. The van der Waals surface area contributed by atoms with Gasteiger partial charge in [-0.15, -0.1) is 0 Å². The van der Waals surface area contributed by atoms with Crippen molar-refractivity contribution in [2.24, 2.45) is 0 Å². The van der Waals surface area contributed by atoms with Crippen LogP contribution in [0, 0.1) is 17.0 Å². The molecule has 0 heterocycles. The van der Waals surface area contributed by atoms with Crippen LogP contribution >= 0.6 is 0 Å². The van der Waals surface area contributed by atoms with Gasteiger partial charge in [0.15, 0.2) is 6.21 Å². The molecule has 24 heavy (non-hydrogen) atoms. The molecule has 0 unspecified atom stereocenters. The van der Waals surface area contributed by atoms with Gasteiger partial charge in [0, 0.05) is 17.6 Å². The molecular formula is C22H21NO. The predicted molar refractivity (Wildman–Crippen MR) is 99.8 cm³/mol. The van der Waals surface area contributed by atoms with Gasteiger partial charge >= 0.3 is 0 Å². The van der Waals surface area contributed by atoms with Gasteiger partial charge in [-0.25, -0.2) is 4.74 Å². The Morgan fingerprint density at radius 3 is 2.58 bits per heavy atom. The smallest absolute Gasteiger partial charge is 0.178 e. The van der Waals surface area contributed by atoms with Gasteiger partial charge in [-0.05, 0) is 36.0 Å². The average Bonchev–Trinajstić information content (AvgIpc) is 2.75. The number of aryl methyl sites for hydroxylation is 1. The molecule has 120 valence electrons. The fraction of sp³-hybridized carbons (Fsp3) is 0.227. The lowest BCUT2D eigenvalue weighted by atomic mass is 9.97. The summed E-state index contributed by atoms with van der Waals surface area (Å²) in [6.45, 7) is 0. The van der Waals surface area contributed by atoms with Crippen LogP contribution in [0.1, 0.15) is 29.5 Å². The molecule has 0 radical (unpaired) electrons. The van der Waals surface area contributed by atoms with E-state index in [-0.39, 0.29) is 0 Å². The Balaban J connectivity index is 2.01. The molecule has 2 nitrogen and oxygen atoms in total. The standard InChI is InChI=1S/C22H21NO/c1-23(24)17-20-14-8-13-19-12-5-6-15-21(19)22(20)16-7-11-18-9-3-2-4-10-18/h2-6,9-10,12,15,17H,8,11,13-14H2,1H3/b23-17-. The van der Waals surface area contributed by atoms with Crippen molar-refractivity contribution >= 4 is 11.8 Å². The third-order valence-electron chi connectivity index (χ3n) is 4.19. The molecule has 0 N–H and O–H groups in total. The highest BCUT2D eigenvalue weighted by Crippen LogP contribution is 2.29. The lowest BCUT2D eigenvalue weighted by Gasteiger charge is -2.07. The largest absolute Gasteiger partial charge is 0.624 e. The van der Waals surface area contributed by atoms with Crippen molar-refractivity contribution in [3.05, 3.63) is 82.1 Å². The first kappa shape index (κ1) is 16.1. The van der Waals surface area contributed by atoms with Gasteiger partial charge in [0.2, 0.25) is 0 Å². The van der Waals surface area contributed by atoms with Crippen molar-refractivity contribution in [1.29, 1.82) is 0 Å². The molecule has 1 aliphatic carbocycles. The van der Waals surface area contributed by atoms with E-state index in [2.05, 4.69) is 42.2 Å². The summed E-state index contributed by atoms with van der Waals surface area (Å²) < 4.78 is 0.877. The second kappa shape index (κ2) is 7.66. The molecule has 0 spiro atoms. The first-order valence-electron chi connectivity index (χ1n) is 8.33. The van der Waals surface area contributed by atoms with Crippen LogP contribution in [0.2, 0.25) is 0 Å². The highest BCUT2D eigenvalue weighted by Gasteiger charge is 2.16. The zero-order valence-electron chi connectivity index (χ0n) is 14.0. The Hall–Kier alpha value is -2.79. The predicted octanol–water partition coefficient (Wildman–Crippen LogP) is 4.23. The highest BCUT2D eigenvalue weighted by molar-refractivity contribution is 5.96. The molecule has 0 atom stereocenters. The van der Waals surface area contributed by atoms with E-state index in [1.54, 1.807) is 6.21 Å². The fourth-order valence-electron chi connectivity index (χ4n) is 3.08. The minimum absolute atomic E-state index is 0.715. The van der Waals surface area contributed by atoms with Crippen LogP contribution < -0.4 is 0 Å². The van der Waals surface area contributed by atoms with E-state index in [1.807, 2.05) is 24.3 Å². The summed E-state index contributed by atoms with van der Waals surface area (Å²) in [5, 5.41) is 11.6. The third kappa shape index (κ3) is 3.94. The van der Waals surface area contributed by atoms with Crippen LogP contribution in [0.15, 0.2) is 60.2 Å². The van der Waals surface area contributed by atoms with Gasteiger partial charge < -0.3 is 5.21 Å². The van der Waals surface area contributed by atoms with E-state index >= 15 is 0 Å². The Labute approximate surface area is 143 Å². The van der Waals surface area contributed by atoms with Crippen molar-refractivity contribution in [1.82, 2.24) is 0 Å². The fourth-order valence-corrected chi connectivity index (χ4v) is 3.08. The summed E-state index contributed by atoms with van der Waals surface area (Å²) in [7, 11) is 1.53. The van der Waals surface area contributed by atoms with Crippen LogP contribution in [0.25, 0.3) is 5.57 Å². The monoisotopic (exact) mass is 315 g/mol. The quantitative estimate of drug-likeness (QED) is 0.268. The van der Waals surface area contributed by atoms with E-state index in [4.69, 9.17) is 0 Å². The molecule has 2 aromatic rings. The summed E-state index contributed by atoms with van der Waals surface area (Å²) in [6, 6.07) is 18.6. The Bertz CT molecular complexity index is 831. The van der Waals surface area contributed by atoms with E-state index < -0.39 is 0 Å². The second-order valence-electron chi connectivity index (χ2n) is 6.05. The van der Waals surface area contributed by atoms with Crippen molar-refractivity contribution in [2.45, 2.75) is 25.7 Å². The molecule has 2 heteroatoms. The summed E-state index contributed by atoms with van der Waals surface area (Å²) in [6.07, 6.45) is 5.35. The lowest BCUT2D eigenvalue weighted by Crippen LogP contribution is -2.01. The van der Waals surface area contributed by atoms with Gasteiger partial charge in [0.1, 0.15) is 7.05 Å². The number of fused-ring (bicyclic) bond motifs is 1. The van der Waals surface area contributed by atoms with Crippen LogP contribution in [0.4, 0.5) is 0 Å². The first-order chi connectivity index (χ1) is 11.7. The SMILES string of the molecule is C/[N+]([O-])=C/C1=C(C#CCc2ccccc2)c2ccccc2CCC1. The topological polar surface area (TPSA) is 26.1 Å². The van der Waals surface area contributed by atoms with E-state index in [1.165, 1.54) is 23.7 Å². The van der Waals surface area contributed by atoms with Crippen molar-refractivity contribution in [3.8, 4) is 11.8 Å². The molecule has 0 saturated heterocycles. The lowest BCUT2D eigenvalue weighted by molar-refractivity contribution is -0.417. The van der Waals surface area contributed by atoms with Gasteiger partial charge in [0.05, 0.1) is 0 Å². The van der Waals surface area contributed by atoms with Crippen LogP contribution in [-0.4, -0.2) is 18.0 Å². The zero-order chi connectivity index (χ0) is 16.8. The maximum atomic E-state index is 11.6. The van der Waals surface area contributed by atoms with E-state index in [0.717, 1.165) is 35.1 Å². The minimum Gasteiger partial charge on any atom is -0.624 e. The van der Waals surface area contributed by atoms with Gasteiger partial charge in [-0.1, -0.05) is 66.4 Å². The minimum atomic E-state index is 0.715. The van der Waals surface area contributed by atoms with Gasteiger partial charge in [0.25, 0.3) is 0 Å². The number of benzene rings is 2. The number of nitrogens with zero attached hydrogens (tertiary/aromatic N) is 1. The second-order valence-corrected chi connectivity index (χ2v) is 6.05. The summed E-state index contributed by atoms with van der Waals surface area (Å²) in [4.78, 5) is 0. The summed E-state index contributed by atoms with van der Waals surface area (Å²) in [5.41, 5.74) is 5.74. The van der Waals surface area contributed by atoms with E-state index in [9.17, 15) is 5.21 Å². The Morgan fingerprint density at radius 2 is 1.79 bits per heavy atom. The van der Waals surface area contributed by atoms with Gasteiger partial charge in [-0.2, -0.15) is 0 Å². The van der Waals surface area contributed by atoms with Crippen LogP contribution in [-0.2, 0) is 12.8 Å². The maximum Gasteiger partial charge on any atom is 0.178 e. The maximum absolute atomic E-state index is 11.6. The molecule has 0 aliphatic heterocycles. The zero-order valence-corrected chi connectivity index (χ0v) is 14.0. The molecule has 0 fully saturated rings. The first-order valence-corrected chi connectivity index (χ1v) is 8.33. The molecular weight excluding hydrogens is 294 g/mol. The molecule has 1 aliphatic rings. The van der Waals surface area contributed by atoms with E-state index in [0.29, 0.717) is 6.42 Å². The number of allylic oxidation sites excluding steroid dienone is 2. The van der Waals surface area contributed by atoms with Crippen molar-refractivity contribution in [2.75, 3.05) is 7.05 Å². The molecule has 3 rings (SSSR count). The average molecular weight is 315 g/mol.